The largest absolute Gasteiger partial charge is 0.399 e. The Kier molecular flexibility index (Phi) is 5.14. The van der Waals surface area contributed by atoms with E-state index in [1.54, 1.807) is 0 Å². The van der Waals surface area contributed by atoms with Crippen molar-refractivity contribution in [2.45, 2.75) is 44.6 Å². The Balaban J connectivity index is 1.95. The van der Waals surface area contributed by atoms with Gasteiger partial charge in [0.25, 0.3) is 5.24 Å². The molecule has 1 aliphatic heterocycles. The van der Waals surface area contributed by atoms with Crippen LogP contribution in [0.2, 0.25) is 0 Å². The molecule has 3 nitrogen and oxygen atoms in total. The average Bonchev–Trinajstić information content (AvgIpc) is 2.63. The Bertz CT molecular complexity index is 419. The highest BCUT2D eigenvalue weighted by atomic mass is 32.1. The van der Waals surface area contributed by atoms with Crippen molar-refractivity contribution in [2.24, 2.45) is 0 Å². The molecule has 0 unspecified atom stereocenters. The fraction of sp³-hybridized carbons (Fsp3) is 0.533. The number of rotatable bonds is 3. The summed E-state index contributed by atoms with van der Waals surface area (Å²) in [4.78, 5) is 13.5. The van der Waals surface area contributed by atoms with Crippen molar-refractivity contribution in [3.05, 3.63) is 29.8 Å². The molecular formula is C15H22N2OS. The first kappa shape index (κ1) is 14.3. The number of aryl methyl sites for hydroxylation is 1. The first-order valence-corrected chi connectivity index (χ1v) is 7.45. The monoisotopic (exact) mass is 278 g/mol. The van der Waals surface area contributed by atoms with Gasteiger partial charge in [-0.3, -0.25) is 4.79 Å². The van der Waals surface area contributed by atoms with Gasteiger partial charge in [-0.1, -0.05) is 37.6 Å². The molecule has 1 saturated heterocycles. The minimum atomic E-state index is -0.0794. The first-order chi connectivity index (χ1) is 9.16. The van der Waals surface area contributed by atoms with E-state index in [4.69, 9.17) is 5.73 Å². The average molecular weight is 278 g/mol. The molecule has 0 radical (unpaired) electrons. The summed E-state index contributed by atoms with van der Waals surface area (Å²) in [6, 6.07) is 8.34. The number of hydrogen-bond donors (Lipinski definition) is 2. The zero-order valence-corrected chi connectivity index (χ0v) is 12.1. The van der Waals surface area contributed by atoms with E-state index in [9.17, 15) is 4.79 Å². The van der Waals surface area contributed by atoms with Crippen LogP contribution in [0, 0.1) is 0 Å². The van der Waals surface area contributed by atoms with Gasteiger partial charge in [0, 0.05) is 18.3 Å². The molecule has 0 aromatic heterocycles. The second-order valence-electron chi connectivity index (χ2n) is 5.26. The van der Waals surface area contributed by atoms with Crippen LogP contribution < -0.4 is 5.73 Å². The summed E-state index contributed by atoms with van der Waals surface area (Å²) < 4.78 is 0. The Morgan fingerprint density at radius 3 is 2.68 bits per heavy atom. The molecule has 1 aliphatic rings. The molecule has 2 N–H and O–H groups in total. The van der Waals surface area contributed by atoms with Crippen molar-refractivity contribution in [3.63, 3.8) is 0 Å². The van der Waals surface area contributed by atoms with Gasteiger partial charge in [0.2, 0.25) is 0 Å². The number of thiol groups is 1. The van der Waals surface area contributed by atoms with Crippen molar-refractivity contribution in [2.75, 3.05) is 12.3 Å². The highest BCUT2D eigenvalue weighted by Crippen LogP contribution is 2.22. The SMILES string of the molecule is Nc1ccc(CC[C@@H]2CCCCCN2C(=O)S)cc1. The number of nitrogens with two attached hydrogens (primary N) is 1. The number of likely N-dealkylation sites (tertiary alicyclic amines) is 1. The number of nitrogens with zero attached hydrogens (tertiary/aromatic N) is 1. The van der Waals surface area contributed by atoms with Crippen LogP contribution in [0.15, 0.2) is 24.3 Å². The minimum Gasteiger partial charge on any atom is -0.399 e. The zero-order chi connectivity index (χ0) is 13.7. The van der Waals surface area contributed by atoms with E-state index in [1.165, 1.54) is 18.4 Å². The number of hydrogen-bond acceptors (Lipinski definition) is 2. The Morgan fingerprint density at radius 1 is 1.26 bits per heavy atom. The summed E-state index contributed by atoms with van der Waals surface area (Å²) in [5, 5.41) is -0.0794. The third kappa shape index (κ3) is 4.16. The lowest BCUT2D eigenvalue weighted by atomic mass is 10.0. The van der Waals surface area contributed by atoms with E-state index in [0.717, 1.165) is 37.9 Å². The van der Waals surface area contributed by atoms with Crippen LogP contribution in [-0.2, 0) is 6.42 Å². The lowest BCUT2D eigenvalue weighted by Gasteiger charge is -2.28. The Labute approximate surface area is 120 Å². The van der Waals surface area contributed by atoms with Crippen molar-refractivity contribution in [1.82, 2.24) is 4.90 Å². The molecule has 1 atom stereocenters. The highest BCUT2D eigenvalue weighted by molar-refractivity contribution is 7.96. The molecule has 1 aromatic carbocycles. The maximum atomic E-state index is 11.6. The molecule has 1 amide bonds. The van der Waals surface area contributed by atoms with E-state index < -0.39 is 0 Å². The van der Waals surface area contributed by atoms with Gasteiger partial charge in [-0.15, -0.1) is 0 Å². The van der Waals surface area contributed by atoms with Crippen molar-refractivity contribution in [3.8, 4) is 0 Å². The second kappa shape index (κ2) is 6.85. The maximum Gasteiger partial charge on any atom is 0.278 e. The maximum absolute atomic E-state index is 11.6. The van der Waals surface area contributed by atoms with Crippen molar-refractivity contribution in [1.29, 1.82) is 0 Å². The summed E-state index contributed by atoms with van der Waals surface area (Å²) in [5.41, 5.74) is 7.76. The molecule has 1 heterocycles. The van der Waals surface area contributed by atoms with Gasteiger partial charge in [-0.2, -0.15) is 0 Å². The number of nitrogen functional groups attached to an aromatic ring is 1. The predicted octanol–water partition coefficient (Wildman–Crippen LogP) is 3.50. The number of anilines is 1. The quantitative estimate of drug-likeness (QED) is 0.656. The minimum absolute atomic E-state index is 0.0794. The third-order valence-corrected chi connectivity index (χ3v) is 4.13. The lowest BCUT2D eigenvalue weighted by molar-refractivity contribution is 0.196. The Morgan fingerprint density at radius 2 is 2.00 bits per heavy atom. The molecule has 0 bridgehead atoms. The first-order valence-electron chi connectivity index (χ1n) is 7.01. The molecule has 2 rings (SSSR count). The summed E-state index contributed by atoms with van der Waals surface area (Å²) >= 11 is 4.01. The van der Waals surface area contributed by atoms with E-state index in [2.05, 4.69) is 24.8 Å². The van der Waals surface area contributed by atoms with Crippen LogP contribution in [-0.4, -0.2) is 22.7 Å². The smallest absolute Gasteiger partial charge is 0.278 e. The predicted molar refractivity (Wildman–Crippen MR) is 82.5 cm³/mol. The molecular weight excluding hydrogens is 256 g/mol. The Hall–Kier alpha value is -1.16. The van der Waals surface area contributed by atoms with Gasteiger partial charge in [-0.25, -0.2) is 0 Å². The number of carbonyl (C=O) groups is 1. The van der Waals surface area contributed by atoms with E-state index >= 15 is 0 Å². The molecule has 0 saturated carbocycles. The van der Waals surface area contributed by atoms with Crippen LogP contribution in [0.25, 0.3) is 0 Å². The van der Waals surface area contributed by atoms with Crippen molar-refractivity contribution >= 4 is 23.6 Å². The lowest BCUT2D eigenvalue weighted by Crippen LogP contribution is -2.37. The summed E-state index contributed by atoms with van der Waals surface area (Å²) in [6.45, 7) is 0.856. The van der Waals surface area contributed by atoms with Gasteiger partial charge in [0.05, 0.1) is 0 Å². The van der Waals surface area contributed by atoms with Crippen LogP contribution in [0.4, 0.5) is 10.5 Å². The van der Waals surface area contributed by atoms with E-state index in [0.29, 0.717) is 6.04 Å². The summed E-state index contributed by atoms with van der Waals surface area (Å²) in [7, 11) is 0. The van der Waals surface area contributed by atoms with Gasteiger partial charge in [-0.05, 0) is 43.4 Å². The van der Waals surface area contributed by atoms with Crippen LogP contribution in [0.1, 0.15) is 37.7 Å². The molecule has 104 valence electrons. The normalized spacial score (nSPS) is 20.1. The molecule has 4 heteroatoms. The third-order valence-electron chi connectivity index (χ3n) is 3.87. The topological polar surface area (TPSA) is 46.3 Å². The molecule has 0 spiro atoms. The van der Waals surface area contributed by atoms with Crippen LogP contribution >= 0.6 is 12.6 Å². The molecule has 1 aromatic rings. The molecule has 0 aliphatic carbocycles. The van der Waals surface area contributed by atoms with Gasteiger partial charge >= 0.3 is 0 Å². The van der Waals surface area contributed by atoms with Gasteiger partial charge < -0.3 is 10.6 Å². The second-order valence-corrected chi connectivity index (χ2v) is 5.64. The number of benzene rings is 1. The fourth-order valence-electron chi connectivity index (χ4n) is 2.75. The molecule has 19 heavy (non-hydrogen) atoms. The van der Waals surface area contributed by atoms with Crippen LogP contribution in [0.3, 0.4) is 0 Å². The zero-order valence-electron chi connectivity index (χ0n) is 11.2. The number of amides is 1. The number of carbonyl (C=O) groups excluding carboxylic acids is 1. The standard InChI is InChI=1S/C15H22N2OS/c16-13-8-5-12(6-9-13)7-10-14-4-2-1-3-11-17(14)15(18)19/h5-6,8-9,14H,1-4,7,10-11,16H2,(H,18,19)/t14-/m0/s1. The molecule has 1 fully saturated rings. The van der Waals surface area contributed by atoms with E-state index in [-0.39, 0.29) is 5.24 Å². The van der Waals surface area contributed by atoms with Gasteiger partial charge in [0.15, 0.2) is 0 Å². The van der Waals surface area contributed by atoms with Crippen molar-refractivity contribution < 1.29 is 4.79 Å². The summed E-state index contributed by atoms with van der Waals surface area (Å²) in [5.74, 6) is 0. The fourth-order valence-corrected chi connectivity index (χ4v) is 3.01. The van der Waals surface area contributed by atoms with E-state index in [1.807, 2.05) is 17.0 Å². The van der Waals surface area contributed by atoms with Gasteiger partial charge in [0.1, 0.15) is 0 Å². The highest BCUT2D eigenvalue weighted by Gasteiger charge is 2.23. The van der Waals surface area contributed by atoms with Crippen LogP contribution in [0.5, 0.6) is 0 Å². The summed E-state index contributed by atoms with van der Waals surface area (Å²) in [6.07, 6.45) is 6.63.